The second-order valence-electron chi connectivity index (χ2n) is 7.76. The molecule has 2 aliphatic rings. The first-order valence-electron chi connectivity index (χ1n) is 10.2. The first-order valence-corrected chi connectivity index (χ1v) is 10.2. The van der Waals surface area contributed by atoms with Gasteiger partial charge in [0, 0.05) is 37.4 Å². The van der Waals surface area contributed by atoms with Gasteiger partial charge in [-0.05, 0) is 39.1 Å². The molecular formula is C21H27FN6O2. The van der Waals surface area contributed by atoms with Crippen LogP contribution in [0.15, 0.2) is 18.2 Å². The average molecular weight is 414 g/mol. The van der Waals surface area contributed by atoms with Crippen LogP contribution < -0.4 is 15.5 Å². The Bertz CT molecular complexity index is 953. The number of hydrogen-bond donors (Lipinski definition) is 2. The molecule has 0 saturated carbocycles. The zero-order chi connectivity index (χ0) is 21.3. The number of urea groups is 1. The summed E-state index contributed by atoms with van der Waals surface area (Å²) < 4.78 is 20.5. The lowest BCUT2D eigenvalue weighted by atomic mass is 10.1. The van der Waals surface area contributed by atoms with Gasteiger partial charge < -0.3 is 20.3 Å². The Labute approximate surface area is 175 Å². The van der Waals surface area contributed by atoms with Crippen molar-refractivity contribution < 1.29 is 13.9 Å². The zero-order valence-electron chi connectivity index (χ0n) is 17.5. The number of halogens is 1. The fraction of sp³-hybridized carbons (Fsp3) is 0.476. The third kappa shape index (κ3) is 4.08. The fourth-order valence-corrected chi connectivity index (χ4v) is 3.90. The highest BCUT2D eigenvalue weighted by molar-refractivity contribution is 5.89. The molecule has 0 bridgehead atoms. The molecule has 3 heterocycles. The number of nitrogens with zero attached hydrogens (tertiary/aromatic N) is 4. The molecule has 160 valence electrons. The van der Waals surface area contributed by atoms with Gasteiger partial charge in [0.15, 0.2) is 5.82 Å². The molecule has 1 fully saturated rings. The summed E-state index contributed by atoms with van der Waals surface area (Å²) in [6.07, 6.45) is 0. The number of aromatic nitrogens is 2. The van der Waals surface area contributed by atoms with Crippen molar-refractivity contribution in [2.75, 3.05) is 43.6 Å². The topological polar surface area (TPSA) is 82.6 Å². The summed E-state index contributed by atoms with van der Waals surface area (Å²) in [5, 5.41) is 5.24. The number of amides is 2. The lowest BCUT2D eigenvalue weighted by molar-refractivity contribution is 0.0984. The SMILES string of the molecule is CCNC(=O)Nc1ccc(-c2nc3c(c(N4CCOCC4C)n2)CN(C)C3)c(F)c1. The van der Waals surface area contributed by atoms with E-state index in [1.54, 1.807) is 12.1 Å². The van der Waals surface area contributed by atoms with Gasteiger partial charge in [0.1, 0.15) is 11.6 Å². The fourth-order valence-electron chi connectivity index (χ4n) is 3.90. The van der Waals surface area contributed by atoms with Crippen LogP contribution in [0.25, 0.3) is 11.4 Å². The van der Waals surface area contributed by atoms with E-state index in [0.29, 0.717) is 43.4 Å². The Balaban J connectivity index is 1.70. The molecule has 1 unspecified atom stereocenters. The molecule has 1 aromatic heterocycles. The lowest BCUT2D eigenvalue weighted by Gasteiger charge is -2.35. The highest BCUT2D eigenvalue weighted by Gasteiger charge is 2.30. The third-order valence-corrected chi connectivity index (χ3v) is 5.36. The second kappa shape index (κ2) is 8.53. The molecule has 2 aliphatic heterocycles. The molecule has 0 radical (unpaired) electrons. The molecule has 2 amide bonds. The Morgan fingerprint density at radius 3 is 2.90 bits per heavy atom. The third-order valence-electron chi connectivity index (χ3n) is 5.36. The highest BCUT2D eigenvalue weighted by atomic mass is 19.1. The number of hydrogen-bond acceptors (Lipinski definition) is 6. The lowest BCUT2D eigenvalue weighted by Crippen LogP contribution is -2.44. The van der Waals surface area contributed by atoms with Crippen molar-refractivity contribution in [3.63, 3.8) is 0 Å². The summed E-state index contributed by atoms with van der Waals surface area (Å²) in [5.74, 6) is 0.746. The molecule has 2 aromatic rings. The Morgan fingerprint density at radius 1 is 1.33 bits per heavy atom. The monoisotopic (exact) mass is 414 g/mol. The van der Waals surface area contributed by atoms with E-state index in [9.17, 15) is 9.18 Å². The number of rotatable bonds is 4. The van der Waals surface area contributed by atoms with Crippen molar-refractivity contribution in [3.8, 4) is 11.4 Å². The van der Waals surface area contributed by atoms with Crippen molar-refractivity contribution >= 4 is 17.5 Å². The maximum atomic E-state index is 15.0. The van der Waals surface area contributed by atoms with Crippen molar-refractivity contribution in [3.05, 3.63) is 35.3 Å². The maximum Gasteiger partial charge on any atom is 0.319 e. The first-order chi connectivity index (χ1) is 14.5. The van der Waals surface area contributed by atoms with Gasteiger partial charge >= 0.3 is 6.03 Å². The molecule has 0 aliphatic carbocycles. The van der Waals surface area contributed by atoms with E-state index in [0.717, 1.165) is 30.2 Å². The van der Waals surface area contributed by atoms with E-state index in [1.165, 1.54) is 6.07 Å². The first kappa shape index (κ1) is 20.5. The molecule has 4 rings (SSSR count). The standard InChI is InChI=1S/C21H27FN6O2/c1-4-23-21(29)24-14-5-6-15(17(22)9-14)19-25-18-11-27(3)10-16(18)20(26-19)28-7-8-30-12-13(28)2/h5-6,9,13H,4,7-8,10-12H2,1-3H3,(H2,23,24,29). The number of carbonyl (C=O) groups excluding carboxylic acids is 1. The molecule has 9 heteroatoms. The van der Waals surface area contributed by atoms with E-state index >= 15 is 0 Å². The zero-order valence-corrected chi connectivity index (χ0v) is 17.5. The van der Waals surface area contributed by atoms with Crippen LogP contribution in [-0.2, 0) is 17.8 Å². The van der Waals surface area contributed by atoms with Gasteiger partial charge in [-0.15, -0.1) is 0 Å². The quantitative estimate of drug-likeness (QED) is 0.800. The van der Waals surface area contributed by atoms with Gasteiger partial charge in [-0.25, -0.2) is 19.2 Å². The smallest absolute Gasteiger partial charge is 0.319 e. The van der Waals surface area contributed by atoms with Crippen LogP contribution in [-0.4, -0.2) is 60.3 Å². The predicted octanol–water partition coefficient (Wildman–Crippen LogP) is 2.59. The van der Waals surface area contributed by atoms with Crippen molar-refractivity contribution in [1.82, 2.24) is 20.2 Å². The summed E-state index contributed by atoms with van der Waals surface area (Å²) in [4.78, 5) is 25.6. The van der Waals surface area contributed by atoms with Crippen LogP contribution in [0, 0.1) is 5.82 Å². The van der Waals surface area contributed by atoms with Crippen LogP contribution in [0.4, 0.5) is 20.7 Å². The van der Waals surface area contributed by atoms with E-state index in [4.69, 9.17) is 9.72 Å². The number of ether oxygens (including phenoxy) is 1. The molecule has 1 atom stereocenters. The van der Waals surface area contributed by atoms with Gasteiger partial charge in [-0.1, -0.05) is 0 Å². The van der Waals surface area contributed by atoms with E-state index in [-0.39, 0.29) is 12.1 Å². The maximum absolute atomic E-state index is 15.0. The number of fused-ring (bicyclic) bond motifs is 1. The number of anilines is 2. The molecule has 30 heavy (non-hydrogen) atoms. The van der Waals surface area contributed by atoms with Crippen LogP contribution in [0.3, 0.4) is 0 Å². The Kier molecular flexibility index (Phi) is 5.83. The van der Waals surface area contributed by atoms with E-state index < -0.39 is 5.82 Å². The van der Waals surface area contributed by atoms with Crippen LogP contribution >= 0.6 is 0 Å². The van der Waals surface area contributed by atoms with Gasteiger partial charge in [0.25, 0.3) is 0 Å². The van der Waals surface area contributed by atoms with Gasteiger partial charge in [-0.3, -0.25) is 4.90 Å². The summed E-state index contributed by atoms with van der Waals surface area (Å²) in [5.41, 5.74) is 2.73. The largest absolute Gasteiger partial charge is 0.377 e. The number of benzene rings is 1. The minimum Gasteiger partial charge on any atom is -0.377 e. The van der Waals surface area contributed by atoms with E-state index in [2.05, 4.69) is 32.3 Å². The van der Waals surface area contributed by atoms with Crippen molar-refractivity contribution in [1.29, 1.82) is 0 Å². The molecule has 0 spiro atoms. The summed E-state index contributed by atoms with van der Waals surface area (Å²) in [7, 11) is 2.04. The summed E-state index contributed by atoms with van der Waals surface area (Å²) in [6, 6.07) is 4.39. The molecule has 1 aromatic carbocycles. The van der Waals surface area contributed by atoms with Crippen LogP contribution in [0.5, 0.6) is 0 Å². The molecule has 2 N–H and O–H groups in total. The average Bonchev–Trinajstić information content (AvgIpc) is 3.08. The van der Waals surface area contributed by atoms with Gasteiger partial charge in [-0.2, -0.15) is 0 Å². The second-order valence-corrected chi connectivity index (χ2v) is 7.76. The van der Waals surface area contributed by atoms with Crippen molar-refractivity contribution in [2.24, 2.45) is 0 Å². The van der Waals surface area contributed by atoms with Crippen molar-refractivity contribution in [2.45, 2.75) is 33.0 Å². The summed E-state index contributed by atoms with van der Waals surface area (Å²) >= 11 is 0. The number of nitrogens with one attached hydrogen (secondary N) is 2. The van der Waals surface area contributed by atoms with Crippen LogP contribution in [0.1, 0.15) is 25.1 Å². The molecule has 8 nitrogen and oxygen atoms in total. The number of carbonyl (C=O) groups is 1. The van der Waals surface area contributed by atoms with Crippen LogP contribution in [0.2, 0.25) is 0 Å². The van der Waals surface area contributed by atoms with Gasteiger partial charge in [0.05, 0.1) is 30.5 Å². The Hall–Kier alpha value is -2.78. The van der Waals surface area contributed by atoms with Gasteiger partial charge in [0.2, 0.25) is 0 Å². The molecule has 1 saturated heterocycles. The number of morpholine rings is 1. The minimum absolute atomic E-state index is 0.185. The normalized spacial score (nSPS) is 18.9. The summed E-state index contributed by atoms with van der Waals surface area (Å²) in [6.45, 7) is 7.91. The molecular weight excluding hydrogens is 387 g/mol. The minimum atomic E-state index is -0.475. The predicted molar refractivity (Wildman–Crippen MR) is 113 cm³/mol. The highest BCUT2D eigenvalue weighted by Crippen LogP contribution is 2.33. The Morgan fingerprint density at radius 2 is 2.17 bits per heavy atom. The van der Waals surface area contributed by atoms with E-state index in [1.807, 2.05) is 14.0 Å².